The topological polar surface area (TPSA) is 50.4 Å². The Morgan fingerprint density at radius 3 is 2.65 bits per heavy atom. The Hall–Kier alpha value is -1.10. The summed E-state index contributed by atoms with van der Waals surface area (Å²) in [7, 11) is 0. The van der Waals surface area contributed by atoms with Crippen molar-refractivity contribution in [3.8, 4) is 0 Å². The van der Waals surface area contributed by atoms with Crippen molar-refractivity contribution in [3.05, 3.63) is 29.8 Å². The fraction of sp³-hybridized carbons (Fsp3) is 0.533. The molecule has 112 valence electrons. The fourth-order valence-electron chi connectivity index (χ4n) is 2.08. The van der Waals surface area contributed by atoms with Gasteiger partial charge in [-0.2, -0.15) is 0 Å². The van der Waals surface area contributed by atoms with E-state index in [1.54, 1.807) is 0 Å². The highest BCUT2D eigenvalue weighted by molar-refractivity contribution is 5.95. The van der Waals surface area contributed by atoms with E-state index in [-0.39, 0.29) is 30.5 Å². The molecule has 5 heteroatoms. The molecule has 0 radical (unpaired) electrons. The SMILES string of the molecule is CC(C)OCc1ccc(NC(=O)C2CCCN2)cc1.Cl. The van der Waals surface area contributed by atoms with E-state index in [1.807, 2.05) is 38.1 Å². The summed E-state index contributed by atoms with van der Waals surface area (Å²) in [6, 6.07) is 7.78. The Morgan fingerprint density at radius 1 is 1.40 bits per heavy atom. The number of anilines is 1. The summed E-state index contributed by atoms with van der Waals surface area (Å²) < 4.78 is 5.53. The van der Waals surface area contributed by atoms with Crippen molar-refractivity contribution in [2.45, 2.75) is 45.4 Å². The van der Waals surface area contributed by atoms with Crippen molar-refractivity contribution in [1.29, 1.82) is 0 Å². The van der Waals surface area contributed by atoms with Crippen molar-refractivity contribution >= 4 is 24.0 Å². The molecule has 0 spiro atoms. The third-order valence-electron chi connectivity index (χ3n) is 3.18. The van der Waals surface area contributed by atoms with Gasteiger partial charge in [0.2, 0.25) is 5.91 Å². The van der Waals surface area contributed by atoms with E-state index in [2.05, 4.69) is 10.6 Å². The average molecular weight is 299 g/mol. The van der Waals surface area contributed by atoms with Crippen LogP contribution in [0.15, 0.2) is 24.3 Å². The Labute approximate surface area is 126 Å². The standard InChI is InChI=1S/C15H22N2O2.ClH/c1-11(2)19-10-12-5-7-13(8-6-12)17-15(18)14-4-3-9-16-14;/h5-8,11,14,16H,3-4,9-10H2,1-2H3,(H,17,18);1H. The van der Waals surface area contributed by atoms with Gasteiger partial charge in [-0.05, 0) is 50.9 Å². The summed E-state index contributed by atoms with van der Waals surface area (Å²) in [5.41, 5.74) is 1.96. The van der Waals surface area contributed by atoms with Gasteiger partial charge in [-0.1, -0.05) is 12.1 Å². The van der Waals surface area contributed by atoms with Crippen LogP contribution in [0.4, 0.5) is 5.69 Å². The molecule has 0 aliphatic carbocycles. The lowest BCUT2D eigenvalue weighted by atomic mass is 10.2. The van der Waals surface area contributed by atoms with Gasteiger partial charge in [0, 0.05) is 5.69 Å². The highest BCUT2D eigenvalue weighted by Crippen LogP contribution is 2.13. The minimum Gasteiger partial charge on any atom is -0.374 e. The lowest BCUT2D eigenvalue weighted by Crippen LogP contribution is -2.35. The zero-order chi connectivity index (χ0) is 13.7. The summed E-state index contributed by atoms with van der Waals surface area (Å²) in [4.78, 5) is 11.9. The fourth-order valence-corrected chi connectivity index (χ4v) is 2.08. The smallest absolute Gasteiger partial charge is 0.241 e. The second kappa shape index (κ2) is 8.25. The molecular weight excluding hydrogens is 276 g/mol. The molecule has 0 bridgehead atoms. The van der Waals surface area contributed by atoms with Gasteiger partial charge in [0.1, 0.15) is 0 Å². The molecule has 1 aliphatic rings. The normalized spacial score (nSPS) is 17.9. The van der Waals surface area contributed by atoms with E-state index in [9.17, 15) is 4.79 Å². The maximum absolute atomic E-state index is 11.9. The van der Waals surface area contributed by atoms with E-state index in [4.69, 9.17) is 4.74 Å². The van der Waals surface area contributed by atoms with Crippen molar-refractivity contribution < 1.29 is 9.53 Å². The van der Waals surface area contributed by atoms with E-state index in [0.29, 0.717) is 6.61 Å². The van der Waals surface area contributed by atoms with Crippen molar-refractivity contribution in [2.75, 3.05) is 11.9 Å². The van der Waals surface area contributed by atoms with Crippen LogP contribution in [-0.2, 0) is 16.1 Å². The summed E-state index contributed by atoms with van der Waals surface area (Å²) in [6.45, 7) is 5.58. The maximum atomic E-state index is 11.9. The average Bonchev–Trinajstić information content (AvgIpc) is 2.92. The molecule has 1 atom stereocenters. The quantitative estimate of drug-likeness (QED) is 0.879. The Kier molecular flexibility index (Phi) is 6.99. The van der Waals surface area contributed by atoms with Gasteiger partial charge < -0.3 is 15.4 Å². The lowest BCUT2D eigenvalue weighted by molar-refractivity contribution is -0.117. The second-order valence-electron chi connectivity index (χ2n) is 5.19. The summed E-state index contributed by atoms with van der Waals surface area (Å²) in [5.74, 6) is 0.0590. The molecule has 2 rings (SSSR count). The third-order valence-corrected chi connectivity index (χ3v) is 3.18. The van der Waals surface area contributed by atoms with Gasteiger partial charge in [0.05, 0.1) is 18.8 Å². The van der Waals surface area contributed by atoms with Crippen LogP contribution in [0, 0.1) is 0 Å². The lowest BCUT2D eigenvalue weighted by Gasteiger charge is -2.12. The molecule has 0 aromatic heterocycles. The van der Waals surface area contributed by atoms with E-state index >= 15 is 0 Å². The van der Waals surface area contributed by atoms with E-state index in [1.165, 1.54) is 0 Å². The summed E-state index contributed by atoms with van der Waals surface area (Å²) in [6.07, 6.45) is 2.23. The van der Waals surface area contributed by atoms with Crippen molar-refractivity contribution in [1.82, 2.24) is 5.32 Å². The van der Waals surface area contributed by atoms with Crippen LogP contribution in [-0.4, -0.2) is 24.6 Å². The molecule has 4 nitrogen and oxygen atoms in total. The Morgan fingerprint density at radius 2 is 2.10 bits per heavy atom. The van der Waals surface area contributed by atoms with Gasteiger partial charge >= 0.3 is 0 Å². The number of nitrogens with one attached hydrogen (secondary N) is 2. The number of carbonyl (C=O) groups is 1. The molecular formula is C15H23ClN2O2. The first-order valence-electron chi connectivity index (χ1n) is 6.90. The van der Waals surface area contributed by atoms with Crippen LogP contribution in [0.3, 0.4) is 0 Å². The summed E-state index contributed by atoms with van der Waals surface area (Å²) >= 11 is 0. The Bertz CT molecular complexity index is 414. The van der Waals surface area contributed by atoms with E-state index < -0.39 is 0 Å². The molecule has 1 fully saturated rings. The molecule has 1 unspecified atom stereocenters. The number of ether oxygens (including phenoxy) is 1. The van der Waals surface area contributed by atoms with Crippen molar-refractivity contribution in [3.63, 3.8) is 0 Å². The highest BCUT2D eigenvalue weighted by Gasteiger charge is 2.21. The predicted molar refractivity (Wildman–Crippen MR) is 83.3 cm³/mol. The molecule has 20 heavy (non-hydrogen) atoms. The van der Waals surface area contributed by atoms with Crippen molar-refractivity contribution in [2.24, 2.45) is 0 Å². The minimum atomic E-state index is -0.0380. The molecule has 1 aromatic carbocycles. The number of carbonyl (C=O) groups excluding carboxylic acids is 1. The Balaban J connectivity index is 0.00000200. The van der Waals surface area contributed by atoms with Crippen LogP contribution in [0.5, 0.6) is 0 Å². The second-order valence-corrected chi connectivity index (χ2v) is 5.19. The number of hydrogen-bond donors (Lipinski definition) is 2. The first-order valence-corrected chi connectivity index (χ1v) is 6.90. The van der Waals surface area contributed by atoms with Gasteiger partial charge in [0.15, 0.2) is 0 Å². The van der Waals surface area contributed by atoms with Crippen LogP contribution < -0.4 is 10.6 Å². The third kappa shape index (κ3) is 5.12. The first kappa shape index (κ1) is 17.0. The van der Waals surface area contributed by atoms with Crippen LogP contribution in [0.1, 0.15) is 32.3 Å². The number of rotatable bonds is 5. The molecule has 1 saturated heterocycles. The van der Waals surface area contributed by atoms with Gasteiger partial charge in [-0.15, -0.1) is 12.4 Å². The largest absolute Gasteiger partial charge is 0.374 e. The zero-order valence-electron chi connectivity index (χ0n) is 12.0. The molecule has 1 aliphatic heterocycles. The molecule has 1 amide bonds. The molecule has 2 N–H and O–H groups in total. The van der Waals surface area contributed by atoms with Gasteiger partial charge in [0.25, 0.3) is 0 Å². The highest BCUT2D eigenvalue weighted by atomic mass is 35.5. The van der Waals surface area contributed by atoms with Gasteiger partial charge in [-0.25, -0.2) is 0 Å². The number of benzene rings is 1. The van der Waals surface area contributed by atoms with Crippen LogP contribution in [0.25, 0.3) is 0 Å². The molecule has 1 heterocycles. The summed E-state index contributed by atoms with van der Waals surface area (Å²) in [5, 5.41) is 6.12. The van der Waals surface area contributed by atoms with Crippen LogP contribution >= 0.6 is 12.4 Å². The van der Waals surface area contributed by atoms with Crippen LogP contribution in [0.2, 0.25) is 0 Å². The zero-order valence-corrected chi connectivity index (χ0v) is 12.8. The van der Waals surface area contributed by atoms with E-state index in [0.717, 1.165) is 30.6 Å². The minimum absolute atomic E-state index is 0. The molecule has 0 saturated carbocycles. The number of amides is 1. The van der Waals surface area contributed by atoms with Gasteiger partial charge in [-0.3, -0.25) is 4.79 Å². The predicted octanol–water partition coefficient (Wildman–Crippen LogP) is 2.72. The maximum Gasteiger partial charge on any atom is 0.241 e. The number of halogens is 1. The molecule has 1 aromatic rings. The monoisotopic (exact) mass is 298 g/mol. The first-order chi connectivity index (χ1) is 9.15. The number of hydrogen-bond acceptors (Lipinski definition) is 3.